The van der Waals surface area contributed by atoms with E-state index in [1.165, 1.54) is 25.3 Å². The second kappa shape index (κ2) is 6.60. The summed E-state index contributed by atoms with van der Waals surface area (Å²) in [6.45, 7) is -0.162. The van der Waals surface area contributed by atoms with Crippen LogP contribution in [0.3, 0.4) is 0 Å². The van der Waals surface area contributed by atoms with Crippen molar-refractivity contribution in [2.75, 3.05) is 7.11 Å². The van der Waals surface area contributed by atoms with Gasteiger partial charge in [-0.3, -0.25) is 4.79 Å². The number of carbonyl (C=O) groups is 1. The Morgan fingerprint density at radius 1 is 1.17 bits per heavy atom. The Bertz CT molecular complexity index is 714. The standard InChI is InChI=1S/C16H14F3NO3/c1-22-13-7-3-6-12(15(20)21)14(13)23-9-10-4-2-5-11(8-10)16(17,18)19/h2-8H,9H2,1H3,(H2,20,21). The molecule has 0 aromatic heterocycles. The van der Waals surface area contributed by atoms with E-state index in [1.54, 1.807) is 12.1 Å². The molecule has 0 bridgehead atoms. The molecular weight excluding hydrogens is 311 g/mol. The second-order valence-corrected chi connectivity index (χ2v) is 4.69. The number of para-hydroxylation sites is 1. The zero-order valence-corrected chi connectivity index (χ0v) is 12.2. The van der Waals surface area contributed by atoms with E-state index in [1.807, 2.05) is 0 Å². The molecule has 1 amide bonds. The zero-order valence-electron chi connectivity index (χ0n) is 12.2. The summed E-state index contributed by atoms with van der Waals surface area (Å²) in [5, 5.41) is 0. The highest BCUT2D eigenvalue weighted by molar-refractivity contribution is 5.96. The SMILES string of the molecule is COc1cccc(C(N)=O)c1OCc1cccc(C(F)(F)F)c1. The van der Waals surface area contributed by atoms with E-state index >= 15 is 0 Å². The number of rotatable bonds is 5. The second-order valence-electron chi connectivity index (χ2n) is 4.69. The summed E-state index contributed by atoms with van der Waals surface area (Å²) in [6.07, 6.45) is -4.43. The summed E-state index contributed by atoms with van der Waals surface area (Å²) in [5.74, 6) is -0.351. The van der Waals surface area contributed by atoms with E-state index in [4.69, 9.17) is 15.2 Å². The predicted molar refractivity (Wildman–Crippen MR) is 77.3 cm³/mol. The molecule has 2 aromatic carbocycles. The molecule has 0 saturated carbocycles. The van der Waals surface area contributed by atoms with Crippen molar-refractivity contribution in [2.45, 2.75) is 12.8 Å². The van der Waals surface area contributed by atoms with Gasteiger partial charge in [0.2, 0.25) is 0 Å². The van der Waals surface area contributed by atoms with Crippen LogP contribution in [-0.2, 0) is 12.8 Å². The fourth-order valence-electron chi connectivity index (χ4n) is 2.01. The quantitative estimate of drug-likeness (QED) is 0.916. The minimum Gasteiger partial charge on any atom is -0.493 e. The minimum atomic E-state index is -4.43. The van der Waals surface area contributed by atoms with Gasteiger partial charge in [-0.2, -0.15) is 13.2 Å². The van der Waals surface area contributed by atoms with Gasteiger partial charge in [0.05, 0.1) is 18.2 Å². The first-order chi connectivity index (χ1) is 10.8. The van der Waals surface area contributed by atoms with Crippen LogP contribution < -0.4 is 15.2 Å². The highest BCUT2D eigenvalue weighted by Crippen LogP contribution is 2.33. The molecule has 0 saturated heterocycles. The van der Waals surface area contributed by atoms with Crippen LogP contribution in [0.15, 0.2) is 42.5 Å². The number of amides is 1. The van der Waals surface area contributed by atoms with Gasteiger partial charge in [0, 0.05) is 0 Å². The van der Waals surface area contributed by atoms with Gasteiger partial charge in [0.25, 0.3) is 5.91 Å². The number of nitrogens with two attached hydrogens (primary N) is 1. The topological polar surface area (TPSA) is 61.5 Å². The first-order valence-electron chi connectivity index (χ1n) is 6.58. The van der Waals surface area contributed by atoms with Gasteiger partial charge in [-0.1, -0.05) is 18.2 Å². The van der Waals surface area contributed by atoms with Crippen molar-refractivity contribution < 1.29 is 27.4 Å². The van der Waals surface area contributed by atoms with E-state index in [0.717, 1.165) is 12.1 Å². The van der Waals surface area contributed by atoms with E-state index in [-0.39, 0.29) is 23.7 Å². The lowest BCUT2D eigenvalue weighted by Gasteiger charge is -2.14. The lowest BCUT2D eigenvalue weighted by molar-refractivity contribution is -0.137. The van der Waals surface area contributed by atoms with Crippen LogP contribution in [0.5, 0.6) is 11.5 Å². The number of methoxy groups -OCH3 is 1. The average molecular weight is 325 g/mol. The maximum absolute atomic E-state index is 12.7. The monoisotopic (exact) mass is 325 g/mol. The minimum absolute atomic E-state index is 0.0938. The van der Waals surface area contributed by atoms with Crippen LogP contribution in [-0.4, -0.2) is 13.0 Å². The molecule has 0 unspecified atom stereocenters. The third-order valence-corrected chi connectivity index (χ3v) is 3.10. The van der Waals surface area contributed by atoms with Crippen molar-refractivity contribution in [1.82, 2.24) is 0 Å². The summed E-state index contributed by atoms with van der Waals surface area (Å²) in [5.41, 5.74) is 4.90. The van der Waals surface area contributed by atoms with Crippen molar-refractivity contribution >= 4 is 5.91 Å². The average Bonchev–Trinajstić information content (AvgIpc) is 2.51. The number of halogens is 3. The molecule has 23 heavy (non-hydrogen) atoms. The molecular formula is C16H14F3NO3. The maximum atomic E-state index is 12.7. The number of primary amides is 1. The van der Waals surface area contributed by atoms with Gasteiger partial charge in [-0.15, -0.1) is 0 Å². The Balaban J connectivity index is 2.26. The van der Waals surface area contributed by atoms with E-state index in [0.29, 0.717) is 5.56 Å². The van der Waals surface area contributed by atoms with Crippen molar-refractivity contribution in [3.63, 3.8) is 0 Å². The molecule has 0 radical (unpaired) electrons. The fraction of sp³-hybridized carbons (Fsp3) is 0.188. The number of hydrogen-bond acceptors (Lipinski definition) is 3. The summed E-state index contributed by atoms with van der Waals surface area (Å²) < 4.78 is 48.7. The summed E-state index contributed by atoms with van der Waals surface area (Å²) in [6, 6.07) is 9.32. The van der Waals surface area contributed by atoms with Crippen LogP contribution in [0.1, 0.15) is 21.5 Å². The molecule has 0 aliphatic carbocycles. The lowest BCUT2D eigenvalue weighted by atomic mass is 10.1. The van der Waals surface area contributed by atoms with Crippen LogP contribution in [0.4, 0.5) is 13.2 Å². The molecule has 2 aromatic rings. The molecule has 2 N–H and O–H groups in total. The number of carbonyl (C=O) groups excluding carboxylic acids is 1. The van der Waals surface area contributed by atoms with Gasteiger partial charge < -0.3 is 15.2 Å². The van der Waals surface area contributed by atoms with Crippen molar-refractivity contribution in [3.05, 3.63) is 59.2 Å². The Hall–Kier alpha value is -2.70. The number of ether oxygens (including phenoxy) is 2. The van der Waals surface area contributed by atoms with Crippen LogP contribution in [0.25, 0.3) is 0 Å². The Morgan fingerprint density at radius 2 is 1.87 bits per heavy atom. The number of hydrogen-bond donors (Lipinski definition) is 1. The van der Waals surface area contributed by atoms with Gasteiger partial charge in [0.15, 0.2) is 11.5 Å². The molecule has 122 valence electrons. The van der Waals surface area contributed by atoms with Crippen molar-refractivity contribution in [2.24, 2.45) is 5.73 Å². The third kappa shape index (κ3) is 3.94. The van der Waals surface area contributed by atoms with Gasteiger partial charge >= 0.3 is 6.18 Å². The molecule has 0 aliphatic heterocycles. The van der Waals surface area contributed by atoms with E-state index in [9.17, 15) is 18.0 Å². The molecule has 0 atom stereocenters. The molecule has 0 aliphatic rings. The summed E-state index contributed by atoms with van der Waals surface area (Å²) in [7, 11) is 1.39. The molecule has 4 nitrogen and oxygen atoms in total. The number of alkyl halides is 3. The normalized spacial score (nSPS) is 11.1. The smallest absolute Gasteiger partial charge is 0.416 e. The maximum Gasteiger partial charge on any atom is 0.416 e. The molecule has 0 spiro atoms. The third-order valence-electron chi connectivity index (χ3n) is 3.10. The van der Waals surface area contributed by atoms with E-state index < -0.39 is 17.6 Å². The summed E-state index contributed by atoms with van der Waals surface area (Å²) in [4.78, 5) is 11.4. The number of benzene rings is 2. The molecule has 7 heteroatoms. The molecule has 0 heterocycles. The molecule has 2 rings (SSSR count). The van der Waals surface area contributed by atoms with Crippen LogP contribution in [0.2, 0.25) is 0 Å². The Kier molecular flexibility index (Phi) is 4.78. The van der Waals surface area contributed by atoms with Crippen molar-refractivity contribution in [1.29, 1.82) is 0 Å². The fourth-order valence-corrected chi connectivity index (χ4v) is 2.01. The first-order valence-corrected chi connectivity index (χ1v) is 6.58. The van der Waals surface area contributed by atoms with Gasteiger partial charge in [-0.05, 0) is 29.8 Å². The largest absolute Gasteiger partial charge is 0.493 e. The van der Waals surface area contributed by atoms with Gasteiger partial charge in [-0.25, -0.2) is 0 Å². The Labute approximate surface area is 130 Å². The van der Waals surface area contributed by atoms with E-state index in [2.05, 4.69) is 0 Å². The lowest BCUT2D eigenvalue weighted by Crippen LogP contribution is -2.14. The van der Waals surface area contributed by atoms with Crippen molar-refractivity contribution in [3.8, 4) is 11.5 Å². The first kappa shape index (κ1) is 16.7. The highest BCUT2D eigenvalue weighted by Gasteiger charge is 2.30. The molecule has 0 fully saturated rings. The van der Waals surface area contributed by atoms with Crippen LogP contribution in [0, 0.1) is 0 Å². The van der Waals surface area contributed by atoms with Gasteiger partial charge in [0.1, 0.15) is 6.61 Å². The summed E-state index contributed by atoms with van der Waals surface area (Å²) >= 11 is 0. The van der Waals surface area contributed by atoms with Crippen LogP contribution >= 0.6 is 0 Å². The predicted octanol–water partition coefficient (Wildman–Crippen LogP) is 3.39. The Morgan fingerprint density at radius 3 is 2.48 bits per heavy atom. The zero-order chi connectivity index (χ0) is 17.0. The highest BCUT2D eigenvalue weighted by atomic mass is 19.4.